The van der Waals surface area contributed by atoms with Gasteiger partial charge in [-0.3, -0.25) is 9.78 Å². The second kappa shape index (κ2) is 7.36. The molecule has 0 radical (unpaired) electrons. The molecule has 3 heterocycles. The average molecular weight is 390 g/mol. The van der Waals surface area contributed by atoms with Gasteiger partial charge < -0.3 is 4.90 Å². The van der Waals surface area contributed by atoms with Crippen LogP contribution in [0.5, 0.6) is 0 Å². The minimum Gasteiger partial charge on any atom is -0.344 e. The first-order chi connectivity index (χ1) is 13.5. The maximum atomic E-state index is 12.4. The van der Waals surface area contributed by atoms with Gasteiger partial charge in [0.2, 0.25) is 0 Å². The lowest BCUT2D eigenvalue weighted by molar-refractivity contribution is -0.364. The van der Waals surface area contributed by atoms with Gasteiger partial charge in [0.25, 0.3) is 5.91 Å². The predicted molar refractivity (Wildman–Crippen MR) is 112 cm³/mol. The summed E-state index contributed by atoms with van der Waals surface area (Å²) in [6.45, 7) is 1.99. The van der Waals surface area contributed by atoms with Crippen molar-refractivity contribution in [3.05, 3.63) is 65.3 Å². The van der Waals surface area contributed by atoms with Gasteiger partial charge >= 0.3 is 5.95 Å². The molecular weight excluding hydrogens is 370 g/mol. The minimum atomic E-state index is 0.0336. The van der Waals surface area contributed by atoms with Crippen LogP contribution < -0.4 is 10.3 Å². The van der Waals surface area contributed by atoms with Crippen molar-refractivity contribution in [3.8, 4) is 11.4 Å². The Bertz CT molecular complexity index is 1150. The van der Waals surface area contributed by atoms with Crippen molar-refractivity contribution >= 4 is 39.0 Å². The van der Waals surface area contributed by atoms with Crippen LogP contribution in [0.2, 0.25) is 0 Å². The molecule has 2 N–H and O–H groups in total. The second-order valence-corrected chi connectivity index (χ2v) is 7.68. The van der Waals surface area contributed by atoms with Gasteiger partial charge in [-0.05, 0) is 48.2 Å². The first kappa shape index (κ1) is 18.1. The zero-order valence-corrected chi connectivity index (χ0v) is 16.7. The number of carbonyl (C=O) groups excluding carboxylic acids is 1. The smallest absolute Gasteiger partial charge is 0.344 e. The second-order valence-electron chi connectivity index (χ2n) is 6.63. The molecule has 0 aliphatic carbocycles. The van der Waals surface area contributed by atoms with E-state index in [0.29, 0.717) is 5.95 Å². The number of aryl methyl sites for hydroxylation is 1. The maximum absolute atomic E-state index is 12.4. The van der Waals surface area contributed by atoms with Gasteiger partial charge in [0, 0.05) is 31.1 Å². The van der Waals surface area contributed by atoms with E-state index < -0.39 is 0 Å². The van der Waals surface area contributed by atoms with Crippen LogP contribution in [0.25, 0.3) is 21.5 Å². The van der Waals surface area contributed by atoms with E-state index in [-0.39, 0.29) is 5.91 Å². The molecule has 0 aliphatic rings. The molecule has 0 atom stereocenters. The van der Waals surface area contributed by atoms with Crippen LogP contribution in [0.1, 0.15) is 15.2 Å². The predicted octanol–water partition coefficient (Wildman–Crippen LogP) is 3.93. The van der Waals surface area contributed by atoms with Gasteiger partial charge in [0.1, 0.15) is 5.69 Å². The number of aromatic nitrogens is 3. The number of hydrogen-bond acceptors (Lipinski definition) is 5. The summed E-state index contributed by atoms with van der Waals surface area (Å²) in [5.41, 5.74) is 3.50. The third-order valence-electron chi connectivity index (χ3n) is 4.42. The van der Waals surface area contributed by atoms with Gasteiger partial charge in [-0.15, -0.1) is 11.3 Å². The molecule has 4 rings (SSSR count). The van der Waals surface area contributed by atoms with Gasteiger partial charge in [0.05, 0.1) is 16.8 Å². The number of nitrogens with zero attached hydrogens (tertiary/aromatic N) is 3. The van der Waals surface area contributed by atoms with Crippen molar-refractivity contribution in [2.24, 2.45) is 0 Å². The highest BCUT2D eigenvalue weighted by Crippen LogP contribution is 2.33. The lowest BCUT2D eigenvalue weighted by Crippen LogP contribution is -2.21. The average Bonchev–Trinajstić information content (AvgIpc) is 3.04. The van der Waals surface area contributed by atoms with E-state index in [1.165, 1.54) is 11.3 Å². The molecule has 0 saturated heterocycles. The normalized spacial score (nSPS) is 10.8. The van der Waals surface area contributed by atoms with E-state index in [1.807, 2.05) is 49.5 Å². The Morgan fingerprint density at radius 1 is 1.14 bits per heavy atom. The monoisotopic (exact) mass is 390 g/mol. The Morgan fingerprint density at radius 2 is 2.00 bits per heavy atom. The summed E-state index contributed by atoms with van der Waals surface area (Å²) in [5.74, 6) is 0.659. The van der Waals surface area contributed by atoms with Crippen LogP contribution >= 0.6 is 11.3 Å². The fraction of sp³-hybridized carbons (Fsp3) is 0.143. The SMILES string of the molecule is Cc1c(C(=O)N(C)C)sc2ccc(Nc3nc(-c4ccccn4)cc[nH+]3)cc12. The van der Waals surface area contributed by atoms with Crippen LogP contribution in [-0.2, 0) is 0 Å². The highest BCUT2D eigenvalue weighted by atomic mass is 32.1. The van der Waals surface area contributed by atoms with Gasteiger partial charge in [-0.2, -0.15) is 0 Å². The van der Waals surface area contributed by atoms with Gasteiger partial charge in [0.15, 0.2) is 5.69 Å². The molecule has 0 saturated carbocycles. The minimum absolute atomic E-state index is 0.0336. The highest BCUT2D eigenvalue weighted by molar-refractivity contribution is 7.21. The maximum Gasteiger partial charge on any atom is 0.394 e. The van der Waals surface area contributed by atoms with E-state index in [9.17, 15) is 4.79 Å². The van der Waals surface area contributed by atoms with Crippen LogP contribution in [0, 0.1) is 6.92 Å². The molecule has 1 amide bonds. The molecule has 4 aromatic rings. The number of amides is 1. The number of carbonyl (C=O) groups is 1. The van der Waals surface area contributed by atoms with Crippen molar-refractivity contribution in [1.82, 2.24) is 14.9 Å². The molecule has 0 spiro atoms. The van der Waals surface area contributed by atoms with E-state index in [0.717, 1.165) is 37.6 Å². The molecule has 0 bridgehead atoms. The summed E-state index contributed by atoms with van der Waals surface area (Å²) in [5, 5.41) is 4.38. The number of thiophene rings is 1. The van der Waals surface area contributed by atoms with Crippen LogP contribution in [0.3, 0.4) is 0 Å². The van der Waals surface area contributed by atoms with Crippen molar-refractivity contribution < 1.29 is 9.78 Å². The van der Waals surface area contributed by atoms with E-state index in [1.54, 1.807) is 25.2 Å². The number of pyridine rings is 1. The molecule has 0 aliphatic heterocycles. The van der Waals surface area contributed by atoms with Crippen molar-refractivity contribution in [3.63, 3.8) is 0 Å². The number of H-pyrrole nitrogens is 1. The molecule has 140 valence electrons. The zero-order valence-electron chi connectivity index (χ0n) is 15.9. The number of benzene rings is 1. The van der Waals surface area contributed by atoms with E-state index in [4.69, 9.17) is 0 Å². The van der Waals surface area contributed by atoms with Gasteiger partial charge in [-0.1, -0.05) is 11.1 Å². The summed E-state index contributed by atoms with van der Waals surface area (Å²) in [6, 6.07) is 13.7. The largest absolute Gasteiger partial charge is 0.394 e. The van der Waals surface area contributed by atoms with Crippen molar-refractivity contribution in [2.75, 3.05) is 19.4 Å². The molecule has 0 fully saturated rings. The zero-order chi connectivity index (χ0) is 19.7. The van der Waals surface area contributed by atoms with Crippen molar-refractivity contribution in [1.29, 1.82) is 0 Å². The third kappa shape index (κ3) is 3.44. The van der Waals surface area contributed by atoms with Crippen LogP contribution in [-0.4, -0.2) is 34.9 Å². The Morgan fingerprint density at radius 3 is 2.75 bits per heavy atom. The molecule has 6 nitrogen and oxygen atoms in total. The first-order valence-corrected chi connectivity index (χ1v) is 9.66. The molecule has 7 heteroatoms. The van der Waals surface area contributed by atoms with Crippen molar-refractivity contribution in [2.45, 2.75) is 6.92 Å². The number of nitrogens with one attached hydrogen (secondary N) is 2. The van der Waals surface area contributed by atoms with E-state index in [2.05, 4.69) is 26.3 Å². The van der Waals surface area contributed by atoms with Crippen LogP contribution in [0.15, 0.2) is 54.9 Å². The van der Waals surface area contributed by atoms with E-state index >= 15 is 0 Å². The molecule has 28 heavy (non-hydrogen) atoms. The fourth-order valence-corrected chi connectivity index (χ4v) is 4.16. The number of rotatable bonds is 4. The Labute approximate surface area is 166 Å². The summed E-state index contributed by atoms with van der Waals surface area (Å²) < 4.78 is 1.09. The topological polar surface area (TPSA) is 72.3 Å². The fourth-order valence-electron chi connectivity index (χ4n) is 2.95. The highest BCUT2D eigenvalue weighted by Gasteiger charge is 2.18. The Hall–Kier alpha value is -3.32. The summed E-state index contributed by atoms with van der Waals surface area (Å²) in [4.78, 5) is 26.8. The summed E-state index contributed by atoms with van der Waals surface area (Å²) >= 11 is 1.52. The first-order valence-electron chi connectivity index (χ1n) is 8.85. The number of fused-ring (bicyclic) bond motifs is 1. The molecule has 1 aromatic carbocycles. The molecule has 0 unspecified atom stereocenters. The Kier molecular flexibility index (Phi) is 4.75. The summed E-state index contributed by atoms with van der Waals surface area (Å²) in [6.07, 6.45) is 3.59. The molecule has 3 aromatic heterocycles. The molecular formula is C21H20N5OS+. The number of aromatic amines is 1. The van der Waals surface area contributed by atoms with Gasteiger partial charge in [-0.25, -0.2) is 10.3 Å². The number of anilines is 2. The lowest BCUT2D eigenvalue weighted by Gasteiger charge is -2.08. The quantitative estimate of drug-likeness (QED) is 0.573. The number of hydrogen-bond donors (Lipinski definition) is 1. The Balaban J connectivity index is 1.65. The standard InChI is InChI=1S/C21H19N5OS/c1-13-15-12-14(7-8-18(15)28-19(13)20(27)26(2)3)24-21-23-11-9-17(25-21)16-6-4-5-10-22-16/h4-12H,1-3H3,(H,23,24,25)/p+1. The summed E-state index contributed by atoms with van der Waals surface area (Å²) in [7, 11) is 3.55. The lowest BCUT2D eigenvalue weighted by atomic mass is 10.1. The third-order valence-corrected chi connectivity index (χ3v) is 5.68. The van der Waals surface area contributed by atoms with Crippen LogP contribution in [0.4, 0.5) is 11.6 Å².